The van der Waals surface area contributed by atoms with E-state index in [2.05, 4.69) is 42.3 Å². The lowest BCUT2D eigenvalue weighted by Gasteiger charge is -2.07. The van der Waals surface area contributed by atoms with Gasteiger partial charge in [-0.25, -0.2) is 9.13 Å². The van der Waals surface area contributed by atoms with E-state index < -0.39 is 0 Å². The number of aromatic nitrogens is 2. The summed E-state index contributed by atoms with van der Waals surface area (Å²) < 4.78 is 5.20. The lowest BCUT2D eigenvalue weighted by atomic mass is 10.0. The molecule has 1 aromatic heterocycles. The summed E-state index contributed by atoms with van der Waals surface area (Å²) in [5.41, 5.74) is 0. The van der Waals surface area contributed by atoms with E-state index in [1.165, 1.54) is 186 Å². The van der Waals surface area contributed by atoms with Gasteiger partial charge >= 0.3 is 0 Å². The Labute approximate surface area is 234 Å². The molecule has 0 atom stereocenters. The fraction of sp³-hybridized carbons (Fsp3) is 0.914. The third-order valence-electron chi connectivity index (χ3n) is 8.35. The van der Waals surface area contributed by atoms with Crippen molar-refractivity contribution in [1.82, 2.24) is 4.57 Å². The first-order chi connectivity index (χ1) is 18.3. The molecule has 0 unspecified atom stereocenters. The Morgan fingerprint density at radius 3 is 1.30 bits per heavy atom. The van der Waals surface area contributed by atoms with Gasteiger partial charge in [0.05, 0.1) is 13.1 Å². The maximum atomic E-state index is 2.61. The van der Waals surface area contributed by atoms with Crippen molar-refractivity contribution in [3.05, 3.63) is 18.2 Å². The molecule has 1 aromatic rings. The zero-order valence-electron chi connectivity index (χ0n) is 26.1. The van der Waals surface area contributed by atoms with Crippen LogP contribution in [0.2, 0.25) is 0 Å². The molecule has 0 aliphatic rings. The van der Waals surface area contributed by atoms with E-state index in [1.54, 1.807) is 5.82 Å². The van der Waals surface area contributed by atoms with Crippen molar-refractivity contribution in [3.8, 4) is 0 Å². The van der Waals surface area contributed by atoms with Gasteiger partial charge in [0.25, 0.3) is 5.82 Å². The second-order valence-corrected chi connectivity index (χ2v) is 12.0. The summed E-state index contributed by atoms with van der Waals surface area (Å²) in [5, 5.41) is 0. The zero-order valence-corrected chi connectivity index (χ0v) is 26.1. The molecule has 37 heavy (non-hydrogen) atoms. The van der Waals surface area contributed by atoms with Gasteiger partial charge in [-0.1, -0.05) is 156 Å². The largest absolute Gasteiger partial charge is 0.256 e. The minimum absolute atomic E-state index is 1.21. The smallest absolute Gasteiger partial charge is 0.234 e. The van der Waals surface area contributed by atoms with Crippen molar-refractivity contribution in [2.75, 3.05) is 0 Å². The molecule has 0 amide bonds. The summed E-state index contributed by atoms with van der Waals surface area (Å²) in [6.07, 6.45) is 43.0. The summed E-state index contributed by atoms with van der Waals surface area (Å²) in [6, 6.07) is 0. The summed E-state index contributed by atoms with van der Waals surface area (Å²) >= 11 is 0. The lowest BCUT2D eigenvalue weighted by Crippen LogP contribution is -2.37. The predicted octanol–water partition coefficient (Wildman–Crippen LogP) is 11.5. The first kappa shape index (κ1) is 34.2. The van der Waals surface area contributed by atoms with Crippen molar-refractivity contribution in [2.45, 2.75) is 207 Å². The van der Waals surface area contributed by atoms with Gasteiger partial charge in [-0.3, -0.25) is 0 Å². The quantitative estimate of drug-likeness (QED) is 0.0737. The highest BCUT2D eigenvalue weighted by atomic mass is 15.1. The molecule has 0 saturated heterocycles. The van der Waals surface area contributed by atoms with Gasteiger partial charge in [0.15, 0.2) is 0 Å². The van der Waals surface area contributed by atoms with Gasteiger partial charge in [-0.05, 0) is 32.1 Å². The normalized spacial score (nSPS) is 11.5. The van der Waals surface area contributed by atoms with Gasteiger partial charge in [-0.2, -0.15) is 0 Å². The van der Waals surface area contributed by atoms with Crippen LogP contribution in [0.25, 0.3) is 0 Å². The predicted molar refractivity (Wildman–Crippen MR) is 165 cm³/mol. The van der Waals surface area contributed by atoms with Gasteiger partial charge in [0, 0.05) is 6.42 Å². The second-order valence-electron chi connectivity index (χ2n) is 12.0. The molecule has 0 saturated carbocycles. The van der Waals surface area contributed by atoms with E-state index in [-0.39, 0.29) is 0 Å². The second kappa shape index (κ2) is 26.8. The number of hydrogen-bond acceptors (Lipinski definition) is 0. The highest BCUT2D eigenvalue weighted by Gasteiger charge is 2.16. The van der Waals surface area contributed by atoms with Crippen LogP contribution >= 0.6 is 0 Å². The van der Waals surface area contributed by atoms with Crippen LogP contribution in [0.15, 0.2) is 12.4 Å². The van der Waals surface area contributed by atoms with E-state index in [0.29, 0.717) is 0 Å². The van der Waals surface area contributed by atoms with Crippen LogP contribution < -0.4 is 4.57 Å². The van der Waals surface area contributed by atoms with Gasteiger partial charge in [-0.15, -0.1) is 0 Å². The maximum Gasteiger partial charge on any atom is 0.256 e. The topological polar surface area (TPSA) is 8.81 Å². The highest BCUT2D eigenvalue weighted by Crippen LogP contribution is 2.15. The Morgan fingerprint density at radius 1 is 0.459 bits per heavy atom. The Balaban J connectivity index is 2.17. The van der Waals surface area contributed by atoms with E-state index >= 15 is 0 Å². The molecular weight excluding hydrogens is 448 g/mol. The monoisotopic (exact) mass is 518 g/mol. The summed E-state index contributed by atoms with van der Waals surface area (Å²) in [6.45, 7) is 9.37. The third-order valence-corrected chi connectivity index (χ3v) is 8.35. The van der Waals surface area contributed by atoms with Crippen molar-refractivity contribution < 1.29 is 4.57 Å². The Hall–Kier alpha value is -0.790. The third kappa shape index (κ3) is 19.9. The van der Waals surface area contributed by atoms with Crippen LogP contribution in [-0.2, 0) is 19.5 Å². The van der Waals surface area contributed by atoms with Crippen LogP contribution in [0, 0.1) is 0 Å². The number of aryl methyl sites for hydroxylation is 2. The van der Waals surface area contributed by atoms with Crippen molar-refractivity contribution in [3.63, 3.8) is 0 Å². The van der Waals surface area contributed by atoms with Gasteiger partial charge < -0.3 is 0 Å². The first-order valence-corrected chi connectivity index (χ1v) is 17.4. The number of hydrogen-bond donors (Lipinski definition) is 0. The van der Waals surface area contributed by atoms with Crippen LogP contribution in [0.5, 0.6) is 0 Å². The molecule has 2 nitrogen and oxygen atoms in total. The molecule has 0 aliphatic heterocycles. The molecule has 1 rings (SSSR count). The number of nitrogens with zero attached hydrogens (tertiary/aromatic N) is 2. The zero-order chi connectivity index (χ0) is 26.7. The molecule has 218 valence electrons. The Bertz CT molecular complexity index is 576. The van der Waals surface area contributed by atoms with E-state index in [4.69, 9.17) is 0 Å². The molecule has 0 aliphatic carbocycles. The number of unbranched alkanes of at least 4 members (excludes halogenated alkanes) is 23. The fourth-order valence-electron chi connectivity index (χ4n) is 5.80. The highest BCUT2D eigenvalue weighted by molar-refractivity contribution is 4.84. The first-order valence-electron chi connectivity index (χ1n) is 17.4. The Morgan fingerprint density at radius 2 is 0.838 bits per heavy atom. The van der Waals surface area contributed by atoms with Crippen LogP contribution in [0.4, 0.5) is 0 Å². The standard InChI is InChI=1S/C35H69N2/c1-4-7-10-12-14-16-17-18-19-20-22-24-26-29-32-37-34-33-36(31-28-9-6-3)35(37)30-27-25-23-21-15-13-11-8-5-2/h33-34H,4-32H2,1-3H3/q+1. The molecule has 0 spiro atoms. The van der Waals surface area contributed by atoms with Crippen molar-refractivity contribution >= 4 is 0 Å². The van der Waals surface area contributed by atoms with E-state index in [9.17, 15) is 0 Å². The van der Waals surface area contributed by atoms with Gasteiger partial charge in [0.2, 0.25) is 0 Å². The lowest BCUT2D eigenvalue weighted by molar-refractivity contribution is -0.704. The summed E-state index contributed by atoms with van der Waals surface area (Å²) in [4.78, 5) is 0. The average molecular weight is 518 g/mol. The maximum absolute atomic E-state index is 2.61. The molecule has 1 heterocycles. The van der Waals surface area contributed by atoms with Crippen LogP contribution in [0.1, 0.15) is 194 Å². The summed E-state index contributed by atoms with van der Waals surface area (Å²) in [7, 11) is 0. The molecule has 0 aromatic carbocycles. The molecule has 0 radical (unpaired) electrons. The van der Waals surface area contributed by atoms with Crippen LogP contribution in [0.3, 0.4) is 0 Å². The molecule has 0 fully saturated rings. The summed E-state index contributed by atoms with van der Waals surface area (Å²) in [5.74, 6) is 1.61. The van der Waals surface area contributed by atoms with Crippen molar-refractivity contribution in [1.29, 1.82) is 0 Å². The molecular formula is C35H69N2+. The number of imidazole rings is 1. The average Bonchev–Trinajstić information content (AvgIpc) is 3.29. The van der Waals surface area contributed by atoms with Crippen LogP contribution in [-0.4, -0.2) is 4.57 Å². The minimum Gasteiger partial charge on any atom is -0.234 e. The Kier molecular flexibility index (Phi) is 24.8. The number of rotatable bonds is 29. The minimum atomic E-state index is 1.21. The SMILES string of the molecule is CCCCCCCCCCCCCCCCn1cc[n+](CCCCC)c1CCCCCCCCCCC. The van der Waals surface area contributed by atoms with E-state index in [1.807, 2.05) is 0 Å². The molecule has 0 bridgehead atoms. The van der Waals surface area contributed by atoms with Crippen molar-refractivity contribution in [2.24, 2.45) is 0 Å². The van der Waals surface area contributed by atoms with E-state index in [0.717, 1.165) is 0 Å². The molecule has 2 heteroatoms. The van der Waals surface area contributed by atoms with Gasteiger partial charge in [0.1, 0.15) is 12.4 Å². The fourth-order valence-corrected chi connectivity index (χ4v) is 5.80. The molecule has 0 N–H and O–H groups in total.